The van der Waals surface area contributed by atoms with Crippen LogP contribution in [0.3, 0.4) is 0 Å². The molecule has 0 aliphatic rings. The molecule has 2 aromatic heterocycles. The van der Waals surface area contributed by atoms with Crippen LogP contribution in [-0.4, -0.2) is 45.3 Å². The van der Waals surface area contributed by atoms with Gasteiger partial charge in [-0.1, -0.05) is 42.3 Å². The quantitative estimate of drug-likeness (QED) is 0.420. The molecule has 7 nitrogen and oxygen atoms in total. The van der Waals surface area contributed by atoms with E-state index in [2.05, 4.69) is 19.9 Å². The number of pyridine rings is 1. The van der Waals surface area contributed by atoms with Gasteiger partial charge in [-0.3, -0.25) is 4.79 Å². The number of halogens is 5. The minimum absolute atomic E-state index is 0.00801. The predicted octanol–water partition coefficient (Wildman–Crippen LogP) is 5.43. The van der Waals surface area contributed by atoms with E-state index in [0.717, 1.165) is 6.20 Å². The first kappa shape index (κ1) is 23.8. The average molecular weight is 489 g/mol. The van der Waals surface area contributed by atoms with E-state index in [1.807, 2.05) is 6.92 Å². The highest BCUT2D eigenvalue weighted by atomic mass is 35.5. The maximum absolute atomic E-state index is 12.9. The molecule has 0 saturated carbocycles. The van der Waals surface area contributed by atoms with Crippen LogP contribution in [0.5, 0.6) is 5.88 Å². The summed E-state index contributed by atoms with van der Waals surface area (Å²) in [7, 11) is 0. The minimum Gasteiger partial charge on any atom is -0.467 e. The van der Waals surface area contributed by atoms with E-state index in [4.69, 9.17) is 27.6 Å². The SMILES string of the molecule is CCCN(Cc1nnc(-c2ccccc2Cl)o1)C(=O)c1cnc(OCC(F)(F)F)c(Cl)c1. The van der Waals surface area contributed by atoms with Gasteiger partial charge in [0.2, 0.25) is 17.7 Å². The van der Waals surface area contributed by atoms with Gasteiger partial charge in [0.1, 0.15) is 5.02 Å². The van der Waals surface area contributed by atoms with E-state index in [0.29, 0.717) is 23.6 Å². The Morgan fingerprint density at radius 2 is 1.94 bits per heavy atom. The van der Waals surface area contributed by atoms with Crippen molar-refractivity contribution in [3.8, 4) is 17.3 Å². The standard InChI is InChI=1S/C20H17Cl2F3N4O3/c1-2-7-29(10-16-27-28-17(32-16)13-5-3-4-6-14(13)21)19(30)12-8-15(22)18(26-9-12)31-11-20(23,24)25/h3-6,8-9H,2,7,10-11H2,1H3. The van der Waals surface area contributed by atoms with Crippen molar-refractivity contribution >= 4 is 29.1 Å². The van der Waals surface area contributed by atoms with Gasteiger partial charge >= 0.3 is 6.18 Å². The predicted molar refractivity (Wildman–Crippen MR) is 111 cm³/mol. The second-order valence-corrected chi connectivity index (χ2v) is 7.44. The third-order valence-corrected chi connectivity index (χ3v) is 4.71. The molecule has 0 N–H and O–H groups in total. The average Bonchev–Trinajstić information content (AvgIpc) is 3.20. The number of carbonyl (C=O) groups excluding carboxylic acids is 1. The Morgan fingerprint density at radius 3 is 2.59 bits per heavy atom. The van der Waals surface area contributed by atoms with Gasteiger partial charge in [0, 0.05) is 12.7 Å². The molecule has 3 rings (SSSR count). The number of amides is 1. The number of hydrogen-bond donors (Lipinski definition) is 0. The lowest BCUT2D eigenvalue weighted by Gasteiger charge is -2.20. The highest BCUT2D eigenvalue weighted by Crippen LogP contribution is 2.28. The summed E-state index contributed by atoms with van der Waals surface area (Å²) in [5.74, 6) is -0.471. The Morgan fingerprint density at radius 1 is 1.19 bits per heavy atom. The molecule has 0 aliphatic carbocycles. The van der Waals surface area contributed by atoms with E-state index in [1.165, 1.54) is 11.0 Å². The molecule has 0 bridgehead atoms. The number of nitrogens with zero attached hydrogens (tertiary/aromatic N) is 4. The van der Waals surface area contributed by atoms with Crippen molar-refractivity contribution in [2.24, 2.45) is 0 Å². The molecule has 0 atom stereocenters. The first-order valence-corrected chi connectivity index (χ1v) is 10.1. The Hall–Kier alpha value is -2.85. The van der Waals surface area contributed by atoms with Crippen LogP contribution in [0.1, 0.15) is 29.6 Å². The first-order valence-electron chi connectivity index (χ1n) is 9.39. The summed E-state index contributed by atoms with van der Waals surface area (Å²) in [5.41, 5.74) is 0.639. The van der Waals surface area contributed by atoms with Gasteiger partial charge in [-0.25, -0.2) is 4.98 Å². The van der Waals surface area contributed by atoms with E-state index >= 15 is 0 Å². The van der Waals surface area contributed by atoms with Crippen LogP contribution in [0.4, 0.5) is 13.2 Å². The molecule has 1 aromatic carbocycles. The summed E-state index contributed by atoms with van der Waals surface area (Å²) in [6.45, 7) is 0.698. The fourth-order valence-corrected chi connectivity index (χ4v) is 3.17. The van der Waals surface area contributed by atoms with Gasteiger partial charge in [-0.2, -0.15) is 13.2 Å². The third kappa shape index (κ3) is 6.10. The Balaban J connectivity index is 1.75. The van der Waals surface area contributed by atoms with Gasteiger partial charge < -0.3 is 14.1 Å². The minimum atomic E-state index is -4.54. The molecule has 1 amide bonds. The van der Waals surface area contributed by atoms with E-state index in [-0.39, 0.29) is 28.9 Å². The van der Waals surface area contributed by atoms with Crippen molar-refractivity contribution in [3.05, 3.63) is 58.0 Å². The summed E-state index contributed by atoms with van der Waals surface area (Å²) in [5, 5.41) is 8.18. The van der Waals surface area contributed by atoms with Crippen LogP contribution in [0.15, 0.2) is 40.9 Å². The summed E-state index contributed by atoms with van der Waals surface area (Å²) in [4.78, 5) is 18.1. The second kappa shape index (κ2) is 10.2. The first-order chi connectivity index (χ1) is 15.2. The molecule has 12 heteroatoms. The topological polar surface area (TPSA) is 81.4 Å². The van der Waals surface area contributed by atoms with E-state index in [9.17, 15) is 18.0 Å². The van der Waals surface area contributed by atoms with Gasteiger partial charge in [-0.15, -0.1) is 10.2 Å². The summed E-state index contributed by atoms with van der Waals surface area (Å²) < 4.78 is 47.2. The number of hydrogen-bond acceptors (Lipinski definition) is 6. The Bertz CT molecular complexity index is 1090. The van der Waals surface area contributed by atoms with Crippen LogP contribution in [-0.2, 0) is 6.54 Å². The molecule has 0 unspecified atom stereocenters. The van der Waals surface area contributed by atoms with Gasteiger partial charge in [-0.05, 0) is 24.6 Å². The van der Waals surface area contributed by atoms with Crippen molar-refractivity contribution in [3.63, 3.8) is 0 Å². The number of carbonyl (C=O) groups is 1. The lowest BCUT2D eigenvalue weighted by molar-refractivity contribution is -0.154. The van der Waals surface area contributed by atoms with Crippen molar-refractivity contribution in [1.82, 2.24) is 20.1 Å². The number of alkyl halides is 3. The zero-order chi connectivity index (χ0) is 23.3. The van der Waals surface area contributed by atoms with Crippen LogP contribution in [0.25, 0.3) is 11.5 Å². The molecule has 32 heavy (non-hydrogen) atoms. The summed E-state index contributed by atoms with van der Waals surface area (Å²) in [6, 6.07) is 8.16. The molecule has 0 saturated heterocycles. The Labute approximate surface area is 191 Å². The lowest BCUT2D eigenvalue weighted by Crippen LogP contribution is -2.31. The largest absolute Gasteiger partial charge is 0.467 e. The van der Waals surface area contributed by atoms with Crippen molar-refractivity contribution in [1.29, 1.82) is 0 Å². The highest BCUT2D eigenvalue weighted by molar-refractivity contribution is 6.33. The molecular weight excluding hydrogens is 472 g/mol. The van der Waals surface area contributed by atoms with Gasteiger partial charge in [0.25, 0.3) is 5.91 Å². The van der Waals surface area contributed by atoms with Crippen molar-refractivity contribution in [2.75, 3.05) is 13.2 Å². The summed E-state index contributed by atoms with van der Waals surface area (Å²) >= 11 is 12.1. The Kier molecular flexibility index (Phi) is 7.57. The highest BCUT2D eigenvalue weighted by Gasteiger charge is 2.29. The molecule has 0 aliphatic heterocycles. The van der Waals surface area contributed by atoms with Crippen LogP contribution in [0.2, 0.25) is 10.0 Å². The molecule has 2 heterocycles. The zero-order valence-corrected chi connectivity index (χ0v) is 18.2. The number of benzene rings is 1. The normalized spacial score (nSPS) is 11.4. The van der Waals surface area contributed by atoms with Crippen molar-refractivity contribution < 1.29 is 27.1 Å². The van der Waals surface area contributed by atoms with Crippen LogP contribution < -0.4 is 4.74 Å². The molecule has 0 fully saturated rings. The van der Waals surface area contributed by atoms with Crippen LogP contribution in [0, 0.1) is 0 Å². The lowest BCUT2D eigenvalue weighted by atomic mass is 10.2. The summed E-state index contributed by atoms with van der Waals surface area (Å²) in [6.07, 6.45) is -2.80. The maximum Gasteiger partial charge on any atom is 0.422 e. The zero-order valence-electron chi connectivity index (χ0n) is 16.7. The molecule has 3 aromatic rings. The number of rotatable bonds is 8. The molecule has 0 spiro atoms. The monoisotopic (exact) mass is 488 g/mol. The molecule has 170 valence electrons. The number of ether oxygens (including phenoxy) is 1. The third-order valence-electron chi connectivity index (χ3n) is 4.10. The maximum atomic E-state index is 12.9. The van der Waals surface area contributed by atoms with E-state index < -0.39 is 24.6 Å². The number of aromatic nitrogens is 3. The van der Waals surface area contributed by atoms with E-state index in [1.54, 1.807) is 24.3 Å². The van der Waals surface area contributed by atoms with Gasteiger partial charge in [0.05, 0.1) is 22.7 Å². The smallest absolute Gasteiger partial charge is 0.422 e. The van der Waals surface area contributed by atoms with Crippen molar-refractivity contribution in [2.45, 2.75) is 26.1 Å². The second-order valence-electron chi connectivity index (χ2n) is 6.62. The fraction of sp³-hybridized carbons (Fsp3) is 0.300. The fourth-order valence-electron chi connectivity index (χ4n) is 2.73. The molecule has 0 radical (unpaired) electrons. The van der Waals surface area contributed by atoms with Crippen LogP contribution >= 0.6 is 23.2 Å². The molecular formula is C20H17Cl2F3N4O3. The van der Waals surface area contributed by atoms with Gasteiger partial charge in [0.15, 0.2) is 6.61 Å².